The highest BCUT2D eigenvalue weighted by molar-refractivity contribution is 6.32. The number of amides is 1. The molecule has 1 aliphatic carbocycles. The minimum atomic E-state index is -0.0626. The van der Waals surface area contributed by atoms with Crippen molar-refractivity contribution in [1.82, 2.24) is 9.97 Å². The van der Waals surface area contributed by atoms with E-state index < -0.39 is 0 Å². The van der Waals surface area contributed by atoms with Crippen molar-refractivity contribution >= 4 is 34.9 Å². The van der Waals surface area contributed by atoms with Crippen molar-refractivity contribution in [3.8, 4) is 0 Å². The van der Waals surface area contributed by atoms with Gasteiger partial charge >= 0.3 is 0 Å². The number of nitrogens with one attached hydrogen (secondary N) is 1. The average Bonchev–Trinajstić information content (AvgIpc) is 2.45. The Morgan fingerprint density at radius 2 is 1.95 bits per heavy atom. The van der Waals surface area contributed by atoms with Crippen LogP contribution in [0, 0.1) is 5.92 Å². The summed E-state index contributed by atoms with van der Waals surface area (Å²) in [6, 6.07) is 9.72. The summed E-state index contributed by atoms with van der Waals surface area (Å²) in [6.45, 7) is 0. The first kappa shape index (κ1) is 14.3. The van der Waals surface area contributed by atoms with E-state index in [0.717, 1.165) is 19.3 Å². The van der Waals surface area contributed by atoms with Crippen molar-refractivity contribution in [2.45, 2.75) is 19.3 Å². The second-order valence-electron chi connectivity index (χ2n) is 5.04. The molecule has 0 fully saturated rings. The van der Waals surface area contributed by atoms with Gasteiger partial charge in [0.05, 0.1) is 0 Å². The van der Waals surface area contributed by atoms with Crippen molar-refractivity contribution < 1.29 is 4.79 Å². The molecule has 0 aliphatic heterocycles. The van der Waals surface area contributed by atoms with E-state index >= 15 is 0 Å². The van der Waals surface area contributed by atoms with E-state index in [1.54, 1.807) is 0 Å². The summed E-state index contributed by atoms with van der Waals surface area (Å²) in [7, 11) is 0. The monoisotopic (exact) mass is 321 g/mol. The van der Waals surface area contributed by atoms with Gasteiger partial charge in [-0.15, -0.1) is 0 Å². The SMILES string of the molecule is O=C(Nc1cc(Cl)nc(Cl)n1)C1CCc2ccccc2C1. The third-order valence-corrected chi connectivity index (χ3v) is 4.00. The van der Waals surface area contributed by atoms with Crippen molar-refractivity contribution in [2.75, 3.05) is 5.32 Å². The van der Waals surface area contributed by atoms with Crippen LogP contribution in [-0.4, -0.2) is 15.9 Å². The third-order valence-electron chi connectivity index (χ3n) is 3.64. The Hall–Kier alpha value is -1.65. The van der Waals surface area contributed by atoms with Crippen LogP contribution >= 0.6 is 23.2 Å². The van der Waals surface area contributed by atoms with Crippen molar-refractivity contribution in [3.63, 3.8) is 0 Å². The second kappa shape index (κ2) is 6.00. The molecule has 0 bridgehead atoms. The summed E-state index contributed by atoms with van der Waals surface area (Å²) in [5.74, 6) is 0.214. The Kier molecular flexibility index (Phi) is 4.08. The number of benzene rings is 1. The first-order chi connectivity index (χ1) is 10.1. The lowest BCUT2D eigenvalue weighted by atomic mass is 9.83. The van der Waals surface area contributed by atoms with Gasteiger partial charge in [0, 0.05) is 12.0 Å². The molecule has 1 atom stereocenters. The highest BCUT2D eigenvalue weighted by Gasteiger charge is 2.24. The highest BCUT2D eigenvalue weighted by atomic mass is 35.5. The van der Waals surface area contributed by atoms with Gasteiger partial charge in [-0.2, -0.15) is 0 Å². The van der Waals surface area contributed by atoms with E-state index in [4.69, 9.17) is 23.2 Å². The number of fused-ring (bicyclic) bond motifs is 1. The number of hydrogen-bond donors (Lipinski definition) is 1. The zero-order valence-corrected chi connectivity index (χ0v) is 12.7. The van der Waals surface area contributed by atoms with Crippen molar-refractivity contribution in [2.24, 2.45) is 5.92 Å². The standard InChI is InChI=1S/C15H13Cl2N3O/c16-12-8-13(20-15(17)18-12)19-14(21)11-6-5-9-3-1-2-4-10(9)7-11/h1-4,8,11H,5-7H2,(H,18,19,20,21). The Morgan fingerprint density at radius 3 is 2.71 bits per heavy atom. The number of rotatable bonds is 2. The van der Waals surface area contributed by atoms with Gasteiger partial charge in [-0.05, 0) is 42.0 Å². The molecule has 1 aromatic carbocycles. The molecule has 0 spiro atoms. The van der Waals surface area contributed by atoms with Gasteiger partial charge in [0.25, 0.3) is 0 Å². The predicted octanol–water partition coefficient (Wildman–Crippen LogP) is 3.53. The third kappa shape index (κ3) is 3.34. The smallest absolute Gasteiger partial charge is 0.228 e. The molecule has 1 heterocycles. The van der Waals surface area contributed by atoms with E-state index in [1.807, 2.05) is 12.1 Å². The van der Waals surface area contributed by atoms with Crippen LogP contribution in [0.2, 0.25) is 10.4 Å². The summed E-state index contributed by atoms with van der Waals surface area (Å²) >= 11 is 11.5. The molecule has 1 amide bonds. The summed E-state index contributed by atoms with van der Waals surface area (Å²) in [5.41, 5.74) is 2.57. The van der Waals surface area contributed by atoms with Crippen LogP contribution in [0.5, 0.6) is 0 Å². The molecular weight excluding hydrogens is 309 g/mol. The second-order valence-corrected chi connectivity index (χ2v) is 5.77. The number of carbonyl (C=O) groups excluding carboxylic acids is 1. The van der Waals surface area contributed by atoms with Crippen molar-refractivity contribution in [3.05, 3.63) is 51.9 Å². The number of carbonyl (C=O) groups is 1. The molecule has 0 radical (unpaired) electrons. The van der Waals surface area contributed by atoms with Gasteiger partial charge in [0.15, 0.2) is 0 Å². The number of aromatic nitrogens is 2. The first-order valence-corrected chi connectivity index (χ1v) is 7.45. The van der Waals surface area contributed by atoms with Crippen molar-refractivity contribution in [1.29, 1.82) is 0 Å². The molecule has 0 saturated carbocycles. The zero-order chi connectivity index (χ0) is 14.8. The fraction of sp³-hybridized carbons (Fsp3) is 0.267. The van der Waals surface area contributed by atoms with Crippen LogP contribution < -0.4 is 5.32 Å². The first-order valence-electron chi connectivity index (χ1n) is 6.69. The summed E-state index contributed by atoms with van der Waals surface area (Å²) in [6.07, 6.45) is 2.49. The van der Waals surface area contributed by atoms with E-state index in [2.05, 4.69) is 27.4 Å². The molecule has 3 rings (SSSR count). The number of hydrogen-bond acceptors (Lipinski definition) is 3. The number of halogens is 2. The molecule has 0 saturated heterocycles. The molecule has 2 aromatic rings. The van der Waals surface area contributed by atoms with E-state index in [9.17, 15) is 4.79 Å². The molecule has 21 heavy (non-hydrogen) atoms. The maximum atomic E-state index is 12.3. The predicted molar refractivity (Wildman–Crippen MR) is 82.6 cm³/mol. The summed E-state index contributed by atoms with van der Waals surface area (Å²) < 4.78 is 0. The van der Waals surface area contributed by atoms with Gasteiger partial charge in [-0.25, -0.2) is 9.97 Å². The van der Waals surface area contributed by atoms with Crippen LogP contribution in [0.3, 0.4) is 0 Å². The lowest BCUT2D eigenvalue weighted by molar-refractivity contribution is -0.120. The molecule has 6 heteroatoms. The van der Waals surface area contributed by atoms with Gasteiger partial charge < -0.3 is 5.32 Å². The zero-order valence-electron chi connectivity index (χ0n) is 11.1. The van der Waals surface area contributed by atoms with E-state index in [0.29, 0.717) is 5.82 Å². The van der Waals surface area contributed by atoms with Crippen LogP contribution in [0.1, 0.15) is 17.5 Å². The molecule has 4 nitrogen and oxygen atoms in total. The minimum absolute atomic E-state index is 0.0202. The Labute approximate surface area is 132 Å². The quantitative estimate of drug-likeness (QED) is 0.680. The fourth-order valence-electron chi connectivity index (χ4n) is 2.60. The molecule has 1 aliphatic rings. The largest absolute Gasteiger partial charge is 0.310 e. The molecule has 1 unspecified atom stereocenters. The van der Waals surface area contributed by atoms with Gasteiger partial charge in [-0.3, -0.25) is 4.79 Å². The number of anilines is 1. The normalized spacial score (nSPS) is 17.1. The molecule has 1 aromatic heterocycles. The van der Waals surface area contributed by atoms with Crippen LogP contribution in [-0.2, 0) is 17.6 Å². The molecule has 108 valence electrons. The van der Waals surface area contributed by atoms with Crippen LogP contribution in [0.25, 0.3) is 0 Å². The van der Waals surface area contributed by atoms with Gasteiger partial charge in [0.2, 0.25) is 11.2 Å². The maximum Gasteiger partial charge on any atom is 0.228 e. The minimum Gasteiger partial charge on any atom is -0.310 e. The Balaban J connectivity index is 1.72. The van der Waals surface area contributed by atoms with Crippen LogP contribution in [0.15, 0.2) is 30.3 Å². The fourth-order valence-corrected chi connectivity index (χ4v) is 3.01. The lowest BCUT2D eigenvalue weighted by Gasteiger charge is -2.23. The average molecular weight is 322 g/mol. The van der Waals surface area contributed by atoms with E-state index in [1.165, 1.54) is 17.2 Å². The maximum absolute atomic E-state index is 12.3. The Morgan fingerprint density at radius 1 is 1.19 bits per heavy atom. The summed E-state index contributed by atoms with van der Waals surface area (Å²) in [5, 5.41) is 2.99. The van der Waals surface area contributed by atoms with Gasteiger partial charge in [-0.1, -0.05) is 35.9 Å². The van der Waals surface area contributed by atoms with Crippen LogP contribution in [0.4, 0.5) is 5.82 Å². The molecule has 1 N–H and O–H groups in total. The number of aryl methyl sites for hydroxylation is 1. The summed E-state index contributed by atoms with van der Waals surface area (Å²) in [4.78, 5) is 20.0. The van der Waals surface area contributed by atoms with E-state index in [-0.39, 0.29) is 22.3 Å². The Bertz CT molecular complexity index is 670. The topological polar surface area (TPSA) is 54.9 Å². The number of nitrogens with zero attached hydrogens (tertiary/aromatic N) is 2. The lowest BCUT2D eigenvalue weighted by Crippen LogP contribution is -2.28. The highest BCUT2D eigenvalue weighted by Crippen LogP contribution is 2.26. The van der Waals surface area contributed by atoms with Gasteiger partial charge in [0.1, 0.15) is 11.0 Å². The molecular formula is C15H13Cl2N3O.